The number of hydrogen-bond donors (Lipinski definition) is 3. The third kappa shape index (κ3) is 5.50. The minimum absolute atomic E-state index is 0. The van der Waals surface area contributed by atoms with E-state index >= 15 is 0 Å². The number of aliphatic imine (C=N–C) groups is 2. The molecule has 33 heavy (non-hydrogen) atoms. The zero-order chi connectivity index (χ0) is 21.8. The topological polar surface area (TPSA) is 60.8 Å². The number of hydrogen-bond acceptors (Lipinski definition) is 6. The van der Waals surface area contributed by atoms with Crippen molar-refractivity contribution in [2.75, 3.05) is 31.5 Å². The van der Waals surface area contributed by atoms with E-state index in [-0.39, 0.29) is 12.4 Å². The lowest BCUT2D eigenvalue weighted by Crippen LogP contribution is -2.27. The van der Waals surface area contributed by atoms with E-state index in [2.05, 4.69) is 75.3 Å². The molecular weight excluding hydrogens is 450 g/mol. The lowest BCUT2D eigenvalue weighted by atomic mass is 9.90. The van der Waals surface area contributed by atoms with Gasteiger partial charge in [0, 0.05) is 34.8 Å². The Morgan fingerprint density at radius 1 is 0.939 bits per heavy atom. The molecule has 7 heteroatoms. The second kappa shape index (κ2) is 11.0. The highest BCUT2D eigenvalue weighted by Gasteiger charge is 2.15. The first kappa shape index (κ1) is 23.6. The number of nitrogens with one attached hydrogen (secondary N) is 3. The van der Waals surface area contributed by atoms with Gasteiger partial charge < -0.3 is 16.0 Å². The summed E-state index contributed by atoms with van der Waals surface area (Å²) in [4.78, 5) is 10.3. The second-order valence-corrected chi connectivity index (χ2v) is 9.75. The van der Waals surface area contributed by atoms with Gasteiger partial charge in [0.15, 0.2) is 5.96 Å². The normalized spacial score (nSPS) is 16.4. The zero-order valence-corrected chi connectivity index (χ0v) is 20.7. The second-order valence-electron chi connectivity index (χ2n) is 8.50. The number of fused-ring (bicyclic) bond motifs is 2. The first-order chi connectivity index (χ1) is 15.8. The minimum Gasteiger partial charge on any atom is -0.372 e. The minimum atomic E-state index is 0. The fraction of sp³-hybridized carbons (Fsp3) is 0.385. The van der Waals surface area contributed by atoms with Crippen molar-refractivity contribution < 1.29 is 0 Å². The van der Waals surface area contributed by atoms with E-state index in [1.165, 1.54) is 63.0 Å². The Bertz CT molecular complexity index is 1170. The molecule has 0 bridgehead atoms. The lowest BCUT2D eigenvalue weighted by Gasteiger charge is -2.20. The van der Waals surface area contributed by atoms with E-state index in [9.17, 15) is 0 Å². The van der Waals surface area contributed by atoms with Crippen molar-refractivity contribution in [1.82, 2.24) is 10.6 Å². The van der Waals surface area contributed by atoms with Crippen molar-refractivity contribution in [3.63, 3.8) is 0 Å². The first-order valence-corrected chi connectivity index (χ1v) is 12.5. The first-order valence-electron chi connectivity index (χ1n) is 11.7. The highest BCUT2D eigenvalue weighted by atomic mass is 35.5. The van der Waals surface area contributed by atoms with Crippen LogP contribution in [0.2, 0.25) is 0 Å². The van der Waals surface area contributed by atoms with Gasteiger partial charge in [-0.3, -0.25) is 9.98 Å². The number of amidine groups is 1. The summed E-state index contributed by atoms with van der Waals surface area (Å²) < 4.78 is 1.38. The van der Waals surface area contributed by atoms with Crippen LogP contribution in [0.4, 0.5) is 5.69 Å². The maximum absolute atomic E-state index is 4.47. The van der Waals surface area contributed by atoms with Gasteiger partial charge >= 0.3 is 0 Å². The Labute approximate surface area is 206 Å². The molecule has 3 aromatic rings. The summed E-state index contributed by atoms with van der Waals surface area (Å²) in [6.07, 6.45) is 6.02. The van der Waals surface area contributed by atoms with Crippen LogP contribution in [-0.4, -0.2) is 38.0 Å². The van der Waals surface area contributed by atoms with Gasteiger partial charge in [-0.2, -0.15) is 0 Å². The molecule has 0 saturated carbocycles. The molecule has 0 atom stereocenters. The Hall–Kier alpha value is -2.57. The summed E-state index contributed by atoms with van der Waals surface area (Å²) in [5, 5.41) is 11.4. The summed E-state index contributed by atoms with van der Waals surface area (Å²) in [5.41, 5.74) is 5.68. The summed E-state index contributed by atoms with van der Waals surface area (Å²) in [6.45, 7) is 5.97. The van der Waals surface area contributed by atoms with E-state index < -0.39 is 0 Å². The van der Waals surface area contributed by atoms with Crippen molar-refractivity contribution in [1.29, 1.82) is 0 Å². The Kier molecular flexibility index (Phi) is 7.89. The summed E-state index contributed by atoms with van der Waals surface area (Å²) in [7, 11) is 0. The van der Waals surface area contributed by atoms with E-state index in [0.717, 1.165) is 44.4 Å². The van der Waals surface area contributed by atoms with Crippen LogP contribution in [-0.2, 0) is 19.3 Å². The third-order valence-corrected chi connectivity index (χ3v) is 7.44. The van der Waals surface area contributed by atoms with E-state index in [0.29, 0.717) is 0 Å². The molecule has 0 spiro atoms. The number of thiophene rings is 1. The van der Waals surface area contributed by atoms with Gasteiger partial charge in [0.2, 0.25) is 0 Å². The smallest absolute Gasteiger partial charge is 0.195 e. The zero-order valence-electron chi connectivity index (χ0n) is 19.1. The van der Waals surface area contributed by atoms with Crippen molar-refractivity contribution in [3.8, 4) is 0 Å². The van der Waals surface area contributed by atoms with Gasteiger partial charge in [0.1, 0.15) is 5.84 Å². The van der Waals surface area contributed by atoms with Crippen LogP contribution in [0.1, 0.15) is 34.4 Å². The van der Waals surface area contributed by atoms with Crippen molar-refractivity contribution in [2.24, 2.45) is 9.98 Å². The standard InChI is InChI=1S/C13H17N3.C13H14N2S.ClH/c1-2-6-11-10(4-1)5-3-7-12(11)16-13-14-8-9-15-13;1-9-11(8-13-14-6-7-15-13)10-4-2-3-5-12(10)16-9;/h3,5,7H,1-2,4,6,8-9H2,(H2,14,15,16);2-5H,6-8H2,1H3,(H,14,15);1H. The van der Waals surface area contributed by atoms with E-state index in [1.807, 2.05) is 11.3 Å². The molecule has 0 fully saturated rings. The van der Waals surface area contributed by atoms with Gasteiger partial charge in [-0.15, -0.1) is 23.7 Å². The molecule has 2 aliphatic heterocycles. The molecule has 0 saturated heterocycles. The van der Waals surface area contributed by atoms with Crippen molar-refractivity contribution >= 4 is 51.3 Å². The lowest BCUT2D eigenvalue weighted by molar-refractivity contribution is 0.687. The van der Waals surface area contributed by atoms with Gasteiger partial charge in [0.25, 0.3) is 0 Å². The van der Waals surface area contributed by atoms with Gasteiger partial charge in [0.05, 0.1) is 13.1 Å². The number of guanidine groups is 1. The number of rotatable bonds is 3. The molecule has 0 amide bonds. The number of benzene rings is 2. The van der Waals surface area contributed by atoms with Crippen LogP contribution in [0.15, 0.2) is 52.4 Å². The highest BCUT2D eigenvalue weighted by Crippen LogP contribution is 2.31. The van der Waals surface area contributed by atoms with Crippen LogP contribution in [0.5, 0.6) is 0 Å². The average Bonchev–Trinajstić information content (AvgIpc) is 3.58. The predicted octanol–water partition coefficient (Wildman–Crippen LogP) is 5.11. The monoisotopic (exact) mass is 481 g/mol. The largest absolute Gasteiger partial charge is 0.372 e. The van der Waals surface area contributed by atoms with Gasteiger partial charge in [-0.05, 0) is 66.8 Å². The molecule has 5 nitrogen and oxygen atoms in total. The van der Waals surface area contributed by atoms with Crippen LogP contribution in [0.3, 0.4) is 0 Å². The van der Waals surface area contributed by atoms with Gasteiger partial charge in [-0.1, -0.05) is 30.3 Å². The molecule has 6 rings (SSSR count). The highest BCUT2D eigenvalue weighted by molar-refractivity contribution is 7.19. The maximum Gasteiger partial charge on any atom is 0.195 e. The molecule has 0 unspecified atom stereocenters. The molecule has 174 valence electrons. The Morgan fingerprint density at radius 2 is 1.76 bits per heavy atom. The third-order valence-electron chi connectivity index (χ3n) is 6.31. The Morgan fingerprint density at radius 3 is 2.58 bits per heavy atom. The molecule has 0 radical (unpaired) electrons. The fourth-order valence-corrected chi connectivity index (χ4v) is 5.76. The van der Waals surface area contributed by atoms with Crippen LogP contribution in [0, 0.1) is 6.92 Å². The molecule has 3 aliphatic rings. The number of nitrogens with zero attached hydrogens (tertiary/aromatic N) is 2. The molecule has 1 aliphatic carbocycles. The quantitative estimate of drug-likeness (QED) is 0.487. The van der Waals surface area contributed by atoms with E-state index in [1.54, 1.807) is 0 Å². The van der Waals surface area contributed by atoms with Gasteiger partial charge in [-0.25, -0.2) is 0 Å². The predicted molar refractivity (Wildman–Crippen MR) is 145 cm³/mol. The molecular formula is C26H32ClN5S. The fourth-order valence-electron chi connectivity index (χ4n) is 4.68. The van der Waals surface area contributed by atoms with Crippen molar-refractivity contribution in [3.05, 3.63) is 64.0 Å². The molecule has 1 aromatic heterocycles. The Balaban J connectivity index is 0.000000152. The van der Waals surface area contributed by atoms with Crippen LogP contribution in [0.25, 0.3) is 10.1 Å². The summed E-state index contributed by atoms with van der Waals surface area (Å²) in [5.74, 6) is 2.07. The molecule has 2 aromatic carbocycles. The number of aryl methyl sites for hydroxylation is 2. The maximum atomic E-state index is 4.47. The van der Waals surface area contributed by atoms with E-state index in [4.69, 9.17) is 0 Å². The van der Waals surface area contributed by atoms with Crippen molar-refractivity contribution in [2.45, 2.75) is 39.0 Å². The average molecular weight is 482 g/mol. The number of halogens is 1. The SMILES string of the molecule is Cc1sc2ccccc2c1CC1=NCCN1.Cl.c1cc2c(c(NC3=NCCN3)c1)CCCC2. The molecule has 3 heterocycles. The number of anilines is 1. The molecule has 3 N–H and O–H groups in total. The summed E-state index contributed by atoms with van der Waals surface area (Å²) >= 11 is 1.88. The summed E-state index contributed by atoms with van der Waals surface area (Å²) in [6, 6.07) is 15.2. The van der Waals surface area contributed by atoms with Crippen LogP contribution >= 0.6 is 23.7 Å². The van der Waals surface area contributed by atoms with Crippen LogP contribution < -0.4 is 16.0 Å².